The van der Waals surface area contributed by atoms with Crippen LogP contribution >= 0.6 is 0 Å². The van der Waals surface area contributed by atoms with Crippen LogP contribution in [0.1, 0.15) is 34.8 Å². The molecule has 0 aliphatic carbocycles. The number of nitrogens with one attached hydrogen (secondary N) is 1. The van der Waals surface area contributed by atoms with Crippen molar-refractivity contribution in [2.75, 3.05) is 6.54 Å². The molecule has 3 heterocycles. The van der Waals surface area contributed by atoms with Gasteiger partial charge in [0.15, 0.2) is 11.5 Å². The zero-order valence-electron chi connectivity index (χ0n) is 15.7. The number of benzene rings is 1. The number of aromatic nitrogens is 6. The number of alkyl halides is 3. The summed E-state index contributed by atoms with van der Waals surface area (Å²) in [6.07, 6.45) is -4.14. The lowest BCUT2D eigenvalue weighted by Gasteiger charge is -2.28. The minimum absolute atomic E-state index is 0.0185. The van der Waals surface area contributed by atoms with Gasteiger partial charge >= 0.3 is 6.18 Å². The minimum Gasteiger partial charge on any atom is -0.336 e. The maximum Gasteiger partial charge on any atom is 0.435 e. The van der Waals surface area contributed by atoms with Crippen molar-refractivity contribution < 1.29 is 22.4 Å². The zero-order chi connectivity index (χ0) is 21.3. The monoisotopic (exact) mass is 423 g/mol. The molecule has 1 aromatic carbocycles. The molecule has 2 aromatic heterocycles. The first-order valence-corrected chi connectivity index (χ1v) is 9.21. The summed E-state index contributed by atoms with van der Waals surface area (Å²) in [6, 6.07) is 5.47. The lowest BCUT2D eigenvalue weighted by atomic mass is 10.0. The molecule has 0 fully saturated rings. The van der Waals surface area contributed by atoms with Crippen molar-refractivity contribution in [1.29, 1.82) is 0 Å². The number of H-pyrrole nitrogens is 1. The van der Waals surface area contributed by atoms with Crippen LogP contribution in [0, 0.1) is 5.82 Å². The molecule has 0 saturated carbocycles. The second-order valence-electron chi connectivity index (χ2n) is 6.95. The highest BCUT2D eigenvalue weighted by Crippen LogP contribution is 2.35. The summed E-state index contributed by atoms with van der Waals surface area (Å²) in [4.78, 5) is 14.1. The molecule has 1 N–H and O–H groups in total. The molecule has 0 bridgehead atoms. The molecule has 0 spiro atoms. The second-order valence-corrected chi connectivity index (χ2v) is 6.95. The van der Waals surface area contributed by atoms with Gasteiger partial charge in [0.25, 0.3) is 0 Å². The quantitative estimate of drug-likeness (QED) is 0.635. The van der Waals surface area contributed by atoms with Gasteiger partial charge in [0.05, 0.1) is 18.8 Å². The van der Waals surface area contributed by atoms with Gasteiger partial charge in [-0.3, -0.25) is 9.48 Å². The molecule has 0 unspecified atom stereocenters. The predicted octanol–water partition coefficient (Wildman–Crippen LogP) is 2.12. The normalized spacial score (nSPS) is 14.1. The van der Waals surface area contributed by atoms with Crippen molar-refractivity contribution in [2.24, 2.45) is 0 Å². The molecule has 1 amide bonds. The molecule has 1 aliphatic heterocycles. The summed E-state index contributed by atoms with van der Waals surface area (Å²) in [5.41, 5.74) is 0.118. The number of tetrazole rings is 1. The van der Waals surface area contributed by atoms with Crippen LogP contribution in [0.5, 0.6) is 0 Å². The molecular formula is C18H17F4N7O. The SMILES string of the molecule is O=C(CCc1nn[nH]n1)N1CCc2c(C(F)(F)F)nn(Cc3ccc(F)cc3)c2C1. The zero-order valence-corrected chi connectivity index (χ0v) is 15.7. The van der Waals surface area contributed by atoms with Gasteiger partial charge in [-0.1, -0.05) is 17.3 Å². The smallest absolute Gasteiger partial charge is 0.336 e. The highest BCUT2D eigenvalue weighted by molar-refractivity contribution is 5.76. The molecule has 12 heteroatoms. The number of carbonyl (C=O) groups is 1. The summed E-state index contributed by atoms with van der Waals surface area (Å²) >= 11 is 0. The number of fused-ring (bicyclic) bond motifs is 1. The van der Waals surface area contributed by atoms with Gasteiger partial charge in [-0.25, -0.2) is 4.39 Å². The van der Waals surface area contributed by atoms with E-state index < -0.39 is 17.7 Å². The Bertz CT molecular complexity index is 1030. The topological polar surface area (TPSA) is 92.6 Å². The van der Waals surface area contributed by atoms with E-state index in [0.29, 0.717) is 17.1 Å². The molecule has 4 rings (SSSR count). The first-order valence-electron chi connectivity index (χ1n) is 9.21. The maximum absolute atomic E-state index is 13.5. The fourth-order valence-corrected chi connectivity index (χ4v) is 3.48. The van der Waals surface area contributed by atoms with Gasteiger partial charge in [0.2, 0.25) is 5.91 Å². The molecule has 0 atom stereocenters. The van der Waals surface area contributed by atoms with Crippen molar-refractivity contribution in [1.82, 2.24) is 35.3 Å². The van der Waals surface area contributed by atoms with Crippen LogP contribution in [0.2, 0.25) is 0 Å². The van der Waals surface area contributed by atoms with Crippen molar-refractivity contribution in [3.8, 4) is 0 Å². The Hall–Kier alpha value is -3.31. The van der Waals surface area contributed by atoms with E-state index in [1.807, 2.05) is 0 Å². The largest absolute Gasteiger partial charge is 0.435 e. The van der Waals surface area contributed by atoms with Gasteiger partial charge in [-0.15, -0.1) is 10.2 Å². The highest BCUT2D eigenvalue weighted by Gasteiger charge is 2.40. The Morgan fingerprint density at radius 1 is 1.20 bits per heavy atom. The standard InChI is InChI=1S/C18H17F4N7O/c19-12-3-1-11(2-4-12)9-29-14-10-28(16(30)6-5-15-23-26-27-24-15)8-7-13(14)17(25-29)18(20,21)22/h1-4H,5-10H2,(H,23,24,26,27). The lowest BCUT2D eigenvalue weighted by Crippen LogP contribution is -2.37. The van der Waals surface area contributed by atoms with Crippen LogP contribution in [-0.2, 0) is 36.9 Å². The van der Waals surface area contributed by atoms with E-state index in [1.165, 1.54) is 33.8 Å². The van der Waals surface area contributed by atoms with Gasteiger partial charge in [-0.05, 0) is 24.1 Å². The molecule has 1 aliphatic rings. The Morgan fingerprint density at radius 3 is 2.63 bits per heavy atom. The molecule has 30 heavy (non-hydrogen) atoms. The Balaban J connectivity index is 1.56. The number of aryl methyl sites for hydroxylation is 1. The number of amides is 1. The molecule has 0 radical (unpaired) electrons. The number of hydrogen-bond acceptors (Lipinski definition) is 5. The van der Waals surface area contributed by atoms with Gasteiger partial charge in [0, 0.05) is 24.9 Å². The predicted molar refractivity (Wildman–Crippen MR) is 94.4 cm³/mol. The number of nitrogens with zero attached hydrogens (tertiary/aromatic N) is 6. The summed E-state index contributed by atoms with van der Waals surface area (Å²) < 4.78 is 54.9. The average molecular weight is 423 g/mol. The van der Waals surface area contributed by atoms with E-state index in [2.05, 4.69) is 25.7 Å². The fraction of sp³-hybridized carbons (Fsp3) is 0.389. The summed E-state index contributed by atoms with van der Waals surface area (Å²) in [6.45, 7) is 0.234. The fourth-order valence-electron chi connectivity index (χ4n) is 3.48. The first kappa shape index (κ1) is 20.0. The number of hydrogen-bond donors (Lipinski definition) is 1. The van der Waals surface area contributed by atoms with Crippen molar-refractivity contribution >= 4 is 5.91 Å². The average Bonchev–Trinajstić information content (AvgIpc) is 3.35. The second kappa shape index (κ2) is 7.84. The summed E-state index contributed by atoms with van der Waals surface area (Å²) in [5, 5.41) is 17.1. The van der Waals surface area contributed by atoms with Gasteiger partial charge in [0.1, 0.15) is 5.82 Å². The van der Waals surface area contributed by atoms with Crippen LogP contribution < -0.4 is 0 Å². The Kier molecular flexibility index (Phi) is 5.22. The van der Waals surface area contributed by atoms with Crippen LogP contribution in [0.15, 0.2) is 24.3 Å². The number of carbonyl (C=O) groups excluding carboxylic acids is 1. The van der Waals surface area contributed by atoms with Gasteiger partial charge < -0.3 is 4.90 Å². The van der Waals surface area contributed by atoms with Crippen LogP contribution in [-0.4, -0.2) is 47.8 Å². The molecule has 158 valence electrons. The van der Waals surface area contributed by atoms with E-state index in [-0.39, 0.29) is 50.4 Å². The van der Waals surface area contributed by atoms with E-state index in [4.69, 9.17) is 0 Å². The van der Waals surface area contributed by atoms with E-state index in [1.54, 1.807) is 0 Å². The van der Waals surface area contributed by atoms with E-state index in [9.17, 15) is 22.4 Å². The third kappa shape index (κ3) is 4.16. The highest BCUT2D eigenvalue weighted by atomic mass is 19.4. The summed E-state index contributed by atoms with van der Waals surface area (Å²) in [5.74, 6) is -0.258. The molecule has 3 aromatic rings. The van der Waals surface area contributed by atoms with Gasteiger partial charge in [-0.2, -0.15) is 23.5 Å². The van der Waals surface area contributed by atoms with Crippen molar-refractivity contribution in [2.45, 2.75) is 38.5 Å². The van der Waals surface area contributed by atoms with E-state index >= 15 is 0 Å². The molecule has 8 nitrogen and oxygen atoms in total. The van der Waals surface area contributed by atoms with Crippen molar-refractivity contribution in [3.05, 3.63) is 58.4 Å². The maximum atomic E-state index is 13.5. The Morgan fingerprint density at radius 2 is 1.97 bits per heavy atom. The lowest BCUT2D eigenvalue weighted by molar-refractivity contribution is -0.142. The van der Waals surface area contributed by atoms with Crippen LogP contribution in [0.25, 0.3) is 0 Å². The summed E-state index contributed by atoms with van der Waals surface area (Å²) in [7, 11) is 0. The third-order valence-corrected chi connectivity index (χ3v) is 4.96. The van der Waals surface area contributed by atoms with Crippen LogP contribution in [0.3, 0.4) is 0 Å². The van der Waals surface area contributed by atoms with Crippen molar-refractivity contribution in [3.63, 3.8) is 0 Å². The van der Waals surface area contributed by atoms with Crippen LogP contribution in [0.4, 0.5) is 17.6 Å². The van der Waals surface area contributed by atoms with E-state index in [0.717, 1.165) is 0 Å². The minimum atomic E-state index is -4.59. The third-order valence-electron chi connectivity index (χ3n) is 4.96. The first-order chi connectivity index (χ1) is 14.3. The number of aromatic amines is 1. The Labute approximate surface area is 167 Å². The number of halogens is 4. The molecule has 0 saturated heterocycles. The molecular weight excluding hydrogens is 406 g/mol. The number of rotatable bonds is 5.